The summed E-state index contributed by atoms with van der Waals surface area (Å²) < 4.78 is 12.2. The van der Waals surface area contributed by atoms with E-state index in [4.69, 9.17) is 9.47 Å². The lowest BCUT2D eigenvalue weighted by Crippen LogP contribution is -2.41. The molecule has 0 spiro atoms. The van der Waals surface area contributed by atoms with Crippen molar-refractivity contribution in [1.29, 1.82) is 0 Å². The standard InChI is InChI=1S/C22H22N2O2S/c1-3-8-17(9-4-1)21(20-16-23-14-15-25-20)27-22-19(12-7-13-24-22)26-18-10-5-2-6-11-18/h1-13,20-21,23H,14-16H2/t20-,21?/m0/s1. The Kier molecular flexibility index (Phi) is 6.04. The minimum absolute atomic E-state index is 0.0812. The van der Waals surface area contributed by atoms with Crippen LogP contribution in [0, 0.1) is 0 Å². The van der Waals surface area contributed by atoms with E-state index in [1.54, 1.807) is 11.8 Å². The molecule has 138 valence electrons. The van der Waals surface area contributed by atoms with Gasteiger partial charge in [-0.2, -0.15) is 0 Å². The van der Waals surface area contributed by atoms with Crippen LogP contribution in [0.4, 0.5) is 0 Å². The van der Waals surface area contributed by atoms with Crippen LogP contribution in [-0.2, 0) is 4.74 Å². The second-order valence-electron chi connectivity index (χ2n) is 6.28. The molecule has 0 bridgehead atoms. The van der Waals surface area contributed by atoms with Crippen molar-refractivity contribution in [2.24, 2.45) is 0 Å². The fraction of sp³-hybridized carbons (Fsp3) is 0.227. The highest BCUT2D eigenvalue weighted by atomic mass is 32.2. The quantitative estimate of drug-likeness (QED) is 0.630. The highest BCUT2D eigenvalue weighted by Crippen LogP contribution is 2.42. The summed E-state index contributed by atoms with van der Waals surface area (Å²) in [5.74, 6) is 1.57. The van der Waals surface area contributed by atoms with Crippen molar-refractivity contribution in [3.05, 3.63) is 84.6 Å². The fourth-order valence-electron chi connectivity index (χ4n) is 3.06. The number of nitrogens with one attached hydrogen (secondary N) is 1. The van der Waals surface area contributed by atoms with E-state index in [2.05, 4.69) is 34.6 Å². The van der Waals surface area contributed by atoms with Crippen molar-refractivity contribution in [3.63, 3.8) is 0 Å². The van der Waals surface area contributed by atoms with Crippen LogP contribution in [0.3, 0.4) is 0 Å². The first kappa shape index (κ1) is 18.0. The molecule has 2 atom stereocenters. The van der Waals surface area contributed by atoms with Gasteiger partial charge in [-0.25, -0.2) is 4.98 Å². The van der Waals surface area contributed by atoms with Gasteiger partial charge in [0.1, 0.15) is 10.8 Å². The molecule has 5 heteroatoms. The van der Waals surface area contributed by atoms with E-state index < -0.39 is 0 Å². The van der Waals surface area contributed by atoms with Gasteiger partial charge in [-0.15, -0.1) is 0 Å². The van der Waals surface area contributed by atoms with E-state index in [1.165, 1.54) is 5.56 Å². The lowest BCUT2D eigenvalue weighted by molar-refractivity contribution is 0.0273. The molecular formula is C22H22N2O2S. The van der Waals surface area contributed by atoms with Gasteiger partial charge in [0, 0.05) is 19.3 Å². The van der Waals surface area contributed by atoms with Crippen molar-refractivity contribution in [3.8, 4) is 11.5 Å². The van der Waals surface area contributed by atoms with E-state index in [-0.39, 0.29) is 11.4 Å². The van der Waals surface area contributed by atoms with Crippen LogP contribution in [-0.4, -0.2) is 30.8 Å². The van der Waals surface area contributed by atoms with Crippen LogP contribution in [0.1, 0.15) is 10.8 Å². The number of ether oxygens (including phenoxy) is 2. The van der Waals surface area contributed by atoms with E-state index in [1.807, 2.05) is 54.7 Å². The normalized spacial score (nSPS) is 18.0. The highest BCUT2D eigenvalue weighted by molar-refractivity contribution is 7.99. The van der Waals surface area contributed by atoms with Gasteiger partial charge in [0.15, 0.2) is 5.75 Å². The number of para-hydroxylation sites is 1. The number of morpholine rings is 1. The second kappa shape index (κ2) is 9.04. The SMILES string of the molecule is c1ccc(Oc2cccnc2SC(c2ccccc2)[C@@H]2CNCCO2)cc1. The molecule has 4 rings (SSSR count). The third kappa shape index (κ3) is 4.69. The Bertz CT molecular complexity index is 839. The Morgan fingerprint density at radius 3 is 2.52 bits per heavy atom. The maximum Gasteiger partial charge on any atom is 0.159 e. The Hall–Kier alpha value is -2.34. The summed E-state index contributed by atoms with van der Waals surface area (Å²) in [5, 5.41) is 4.43. The Morgan fingerprint density at radius 2 is 1.78 bits per heavy atom. The van der Waals surface area contributed by atoms with Gasteiger partial charge in [0.2, 0.25) is 0 Å². The molecule has 1 fully saturated rings. The summed E-state index contributed by atoms with van der Waals surface area (Å²) in [7, 11) is 0. The van der Waals surface area contributed by atoms with E-state index in [0.29, 0.717) is 0 Å². The largest absolute Gasteiger partial charge is 0.455 e. The summed E-state index contributed by atoms with van der Waals surface area (Å²) in [5.41, 5.74) is 1.23. The molecular weight excluding hydrogens is 356 g/mol. The molecule has 0 saturated carbocycles. The van der Waals surface area contributed by atoms with Crippen molar-refractivity contribution in [2.45, 2.75) is 16.4 Å². The monoisotopic (exact) mass is 378 g/mol. The van der Waals surface area contributed by atoms with Gasteiger partial charge in [-0.3, -0.25) is 0 Å². The minimum atomic E-state index is 0.0812. The van der Waals surface area contributed by atoms with Crippen molar-refractivity contribution < 1.29 is 9.47 Å². The summed E-state index contributed by atoms with van der Waals surface area (Å²) in [4.78, 5) is 4.60. The maximum absolute atomic E-state index is 6.09. The average molecular weight is 378 g/mol. The van der Waals surface area contributed by atoms with Gasteiger partial charge >= 0.3 is 0 Å². The molecule has 3 aromatic rings. The van der Waals surface area contributed by atoms with Crippen LogP contribution >= 0.6 is 11.8 Å². The summed E-state index contributed by atoms with van der Waals surface area (Å²) in [6, 6.07) is 24.1. The zero-order chi connectivity index (χ0) is 18.3. The number of rotatable bonds is 6. The van der Waals surface area contributed by atoms with Crippen LogP contribution in [0.5, 0.6) is 11.5 Å². The number of thioether (sulfide) groups is 1. The molecule has 1 N–H and O–H groups in total. The molecule has 0 amide bonds. The topological polar surface area (TPSA) is 43.4 Å². The molecule has 1 aliphatic rings. The number of nitrogens with zero attached hydrogens (tertiary/aromatic N) is 1. The second-order valence-corrected chi connectivity index (χ2v) is 7.41. The van der Waals surface area contributed by atoms with Gasteiger partial charge in [-0.05, 0) is 29.8 Å². The molecule has 2 heterocycles. The van der Waals surface area contributed by atoms with Crippen molar-refractivity contribution >= 4 is 11.8 Å². The molecule has 27 heavy (non-hydrogen) atoms. The third-order valence-corrected chi connectivity index (χ3v) is 5.73. The average Bonchev–Trinajstić information content (AvgIpc) is 2.75. The minimum Gasteiger partial charge on any atom is -0.455 e. The summed E-state index contributed by atoms with van der Waals surface area (Å²) >= 11 is 1.69. The first-order valence-electron chi connectivity index (χ1n) is 9.12. The van der Waals surface area contributed by atoms with Gasteiger partial charge in [-0.1, -0.05) is 60.3 Å². The Balaban J connectivity index is 1.61. The van der Waals surface area contributed by atoms with Gasteiger partial charge < -0.3 is 14.8 Å². The molecule has 1 saturated heterocycles. The Labute approximate surface area is 163 Å². The molecule has 4 nitrogen and oxygen atoms in total. The highest BCUT2D eigenvalue weighted by Gasteiger charge is 2.28. The van der Waals surface area contributed by atoms with Gasteiger partial charge in [0.05, 0.1) is 18.0 Å². The predicted octanol–water partition coefficient (Wildman–Crippen LogP) is 4.70. The lowest BCUT2D eigenvalue weighted by atomic mass is 10.1. The van der Waals surface area contributed by atoms with Crippen LogP contribution in [0.25, 0.3) is 0 Å². The number of hydrogen-bond donors (Lipinski definition) is 1. The smallest absolute Gasteiger partial charge is 0.159 e. The van der Waals surface area contributed by atoms with Crippen molar-refractivity contribution in [2.75, 3.05) is 19.7 Å². The molecule has 2 aromatic carbocycles. The van der Waals surface area contributed by atoms with E-state index in [9.17, 15) is 0 Å². The molecule has 1 aromatic heterocycles. The number of hydrogen-bond acceptors (Lipinski definition) is 5. The first-order chi connectivity index (χ1) is 13.4. The fourth-order valence-corrected chi connectivity index (χ4v) is 4.27. The van der Waals surface area contributed by atoms with E-state index >= 15 is 0 Å². The third-order valence-electron chi connectivity index (χ3n) is 4.37. The van der Waals surface area contributed by atoms with Crippen LogP contribution in [0.15, 0.2) is 84.0 Å². The number of benzene rings is 2. The molecule has 1 unspecified atom stereocenters. The number of aromatic nitrogens is 1. The van der Waals surface area contributed by atoms with Crippen LogP contribution in [0.2, 0.25) is 0 Å². The number of pyridine rings is 1. The van der Waals surface area contributed by atoms with E-state index in [0.717, 1.165) is 36.2 Å². The molecule has 0 radical (unpaired) electrons. The molecule has 1 aliphatic heterocycles. The van der Waals surface area contributed by atoms with Crippen molar-refractivity contribution in [1.82, 2.24) is 10.3 Å². The summed E-state index contributed by atoms with van der Waals surface area (Å²) in [6.45, 7) is 2.45. The zero-order valence-corrected chi connectivity index (χ0v) is 15.8. The van der Waals surface area contributed by atoms with Gasteiger partial charge in [0.25, 0.3) is 0 Å². The van der Waals surface area contributed by atoms with Crippen LogP contribution < -0.4 is 10.1 Å². The zero-order valence-electron chi connectivity index (χ0n) is 15.0. The predicted molar refractivity (Wildman–Crippen MR) is 108 cm³/mol. The Morgan fingerprint density at radius 1 is 1.00 bits per heavy atom. The first-order valence-corrected chi connectivity index (χ1v) is 10.00. The summed E-state index contributed by atoms with van der Waals surface area (Å²) in [6.07, 6.45) is 1.89. The lowest BCUT2D eigenvalue weighted by Gasteiger charge is -2.31. The molecule has 0 aliphatic carbocycles. The maximum atomic E-state index is 6.09.